The summed E-state index contributed by atoms with van der Waals surface area (Å²) in [5.74, 6) is -1.01. The molecule has 0 saturated carbocycles. The topological polar surface area (TPSA) is 225 Å². The van der Waals surface area contributed by atoms with Crippen LogP contribution in [-0.4, -0.2) is 95.0 Å². The molecule has 0 amide bonds. The highest BCUT2D eigenvalue weighted by Crippen LogP contribution is 2.45. The highest BCUT2D eigenvalue weighted by Gasteiger charge is 2.28. The number of carbonyl (C=O) groups excluding carboxylic acids is 2. The number of hydrogen-bond donors (Lipinski definition) is 5. The van der Waals surface area contributed by atoms with Crippen molar-refractivity contribution in [3.63, 3.8) is 0 Å². The fourth-order valence-electron chi connectivity index (χ4n) is 7.04. The van der Waals surface area contributed by atoms with Crippen molar-refractivity contribution in [2.24, 2.45) is 0 Å². The zero-order valence-electron chi connectivity index (χ0n) is 43.4. The molecule has 410 valence electrons. The van der Waals surface area contributed by atoms with Crippen molar-refractivity contribution in [3.05, 3.63) is 48.6 Å². The minimum Gasteiger partial charge on any atom is -0.463 e. The number of hydrogen-bond acceptors (Lipinski definition) is 13. The van der Waals surface area contributed by atoms with Crippen molar-refractivity contribution >= 4 is 27.6 Å². The molecule has 0 aromatic heterocycles. The number of esters is 2. The Morgan fingerprint density at radius 2 is 0.614 bits per heavy atom. The van der Waals surface area contributed by atoms with E-state index in [1.165, 1.54) is 116 Å². The third-order valence-electron chi connectivity index (χ3n) is 11.3. The molecule has 0 bridgehead atoms. The first-order valence-corrected chi connectivity index (χ1v) is 30.0. The van der Waals surface area contributed by atoms with Crippen LogP contribution < -0.4 is 0 Å². The van der Waals surface area contributed by atoms with Crippen molar-refractivity contribution in [3.8, 4) is 0 Å². The molecule has 0 radical (unpaired) electrons. The van der Waals surface area contributed by atoms with Gasteiger partial charge in [0.1, 0.15) is 31.5 Å². The molecule has 5 N–H and O–H groups in total. The molecule has 0 aliphatic carbocycles. The number of carbonyl (C=O) groups is 2. The Bertz CT molecular complexity index is 1440. The van der Waals surface area contributed by atoms with Crippen LogP contribution >= 0.6 is 15.6 Å². The molecule has 0 aromatic rings. The molecule has 0 rings (SSSR count). The minimum absolute atomic E-state index is 0.170. The van der Waals surface area contributed by atoms with Crippen LogP contribution in [-0.2, 0) is 46.3 Å². The maximum atomic E-state index is 12.2. The monoisotopic (exact) mass is 1040 g/mol. The number of unbranched alkanes of at least 4 members (excludes halogenated alkanes) is 24. The van der Waals surface area contributed by atoms with Crippen LogP contribution in [0.2, 0.25) is 0 Å². The summed E-state index contributed by atoms with van der Waals surface area (Å²) in [6.45, 7) is 0.389. The zero-order valence-corrected chi connectivity index (χ0v) is 45.2. The smallest absolute Gasteiger partial charge is 0.463 e. The second-order valence-corrected chi connectivity index (χ2v) is 21.1. The van der Waals surface area contributed by atoms with Crippen LogP contribution in [0.5, 0.6) is 0 Å². The van der Waals surface area contributed by atoms with Crippen molar-refractivity contribution in [2.75, 3.05) is 39.6 Å². The summed E-state index contributed by atoms with van der Waals surface area (Å²) < 4.78 is 53.1. The van der Waals surface area contributed by atoms with Crippen molar-refractivity contribution < 1.29 is 71.4 Å². The molecule has 5 unspecified atom stereocenters. The Hall–Kier alpha value is -2.00. The average molecular weight is 1040 g/mol. The molecule has 70 heavy (non-hydrogen) atoms. The van der Waals surface area contributed by atoms with Gasteiger partial charge in [-0.05, 0) is 77.0 Å². The maximum Gasteiger partial charge on any atom is 0.472 e. The molecule has 15 nitrogen and oxygen atoms in total. The van der Waals surface area contributed by atoms with Gasteiger partial charge < -0.3 is 34.6 Å². The van der Waals surface area contributed by atoms with E-state index in [0.717, 1.165) is 64.2 Å². The van der Waals surface area contributed by atoms with Gasteiger partial charge in [-0.25, -0.2) is 9.13 Å². The molecule has 17 heteroatoms. The van der Waals surface area contributed by atoms with Crippen molar-refractivity contribution in [1.29, 1.82) is 0 Å². The fraction of sp³-hybridized carbons (Fsp3) is 0.811. The number of phosphoric acid groups is 2. The van der Waals surface area contributed by atoms with E-state index in [1.54, 1.807) is 0 Å². The van der Waals surface area contributed by atoms with Gasteiger partial charge >= 0.3 is 27.6 Å². The number of ether oxygens (including phenoxy) is 2. The van der Waals surface area contributed by atoms with Crippen LogP contribution in [0.3, 0.4) is 0 Å². The number of phosphoric ester groups is 2. The van der Waals surface area contributed by atoms with Gasteiger partial charge in [0.25, 0.3) is 0 Å². The normalized spacial score (nSPS) is 15.2. The van der Waals surface area contributed by atoms with Gasteiger partial charge in [-0.1, -0.05) is 178 Å². The first-order chi connectivity index (χ1) is 33.8. The lowest BCUT2D eigenvalue weighted by atomic mass is 10.0. The predicted molar refractivity (Wildman–Crippen MR) is 279 cm³/mol. The lowest BCUT2D eigenvalue weighted by Crippen LogP contribution is -2.25. The van der Waals surface area contributed by atoms with E-state index in [9.17, 15) is 43.8 Å². The average Bonchev–Trinajstić information content (AvgIpc) is 3.34. The van der Waals surface area contributed by atoms with E-state index in [1.807, 2.05) is 0 Å². The van der Waals surface area contributed by atoms with Gasteiger partial charge in [-0.2, -0.15) is 0 Å². The molecule has 0 spiro atoms. The highest BCUT2D eigenvalue weighted by atomic mass is 31.2. The van der Waals surface area contributed by atoms with E-state index in [2.05, 4.69) is 76.0 Å². The summed E-state index contributed by atoms with van der Waals surface area (Å²) in [7, 11) is -9.58. The summed E-state index contributed by atoms with van der Waals surface area (Å²) in [5, 5.41) is 30.1. The van der Waals surface area contributed by atoms with E-state index in [-0.39, 0.29) is 12.8 Å². The quantitative estimate of drug-likeness (QED) is 0.0165. The molecule has 0 fully saturated rings. The summed E-state index contributed by atoms with van der Waals surface area (Å²) in [6, 6.07) is 0. The molecule has 0 aliphatic heterocycles. The standard InChI is InChI=1S/C53H98O15P2/c1-3-5-7-9-11-13-15-17-19-21-22-23-24-26-28-30-32-34-36-38-40-42-53(58)64-44-50(55)46-66-70(61,62)68-48-51(56)47-67-69(59,60)65-45-49(54)43-63-52(57)41-39-37-35-33-31-29-27-25-20-18-16-14-12-10-8-6-4-2/h12,14,17-20,27,29,49-51,54-56H,3-11,13,15-16,21-26,28,30-48H2,1-2H3,(H,59,60)(H,61,62)/b14-12-,19-17+,20-18-,29-27-. The van der Waals surface area contributed by atoms with Crippen molar-refractivity contribution in [1.82, 2.24) is 0 Å². The lowest BCUT2D eigenvalue weighted by molar-refractivity contribution is -0.148. The van der Waals surface area contributed by atoms with Gasteiger partial charge in [-0.3, -0.25) is 27.7 Å². The Morgan fingerprint density at radius 1 is 0.371 bits per heavy atom. The Kier molecular flexibility index (Phi) is 47.8. The first kappa shape index (κ1) is 68.0. The Morgan fingerprint density at radius 3 is 0.957 bits per heavy atom. The van der Waals surface area contributed by atoms with Gasteiger partial charge in [0.15, 0.2) is 0 Å². The molecule has 5 atom stereocenters. The summed E-state index contributed by atoms with van der Waals surface area (Å²) in [4.78, 5) is 43.9. The third kappa shape index (κ3) is 50.9. The summed E-state index contributed by atoms with van der Waals surface area (Å²) in [5.41, 5.74) is 0. The minimum atomic E-state index is -4.79. The van der Waals surface area contributed by atoms with Crippen LogP contribution in [0, 0.1) is 0 Å². The third-order valence-corrected chi connectivity index (χ3v) is 13.2. The predicted octanol–water partition coefficient (Wildman–Crippen LogP) is 13.2. The fourth-order valence-corrected chi connectivity index (χ4v) is 8.63. The number of rotatable bonds is 52. The number of allylic oxidation sites excluding steroid dienone is 8. The van der Waals surface area contributed by atoms with Gasteiger partial charge in [0.2, 0.25) is 0 Å². The number of aliphatic hydroxyl groups excluding tert-OH is 3. The van der Waals surface area contributed by atoms with E-state index < -0.39 is 85.5 Å². The van der Waals surface area contributed by atoms with Gasteiger partial charge in [0.05, 0.1) is 26.4 Å². The second-order valence-electron chi connectivity index (χ2n) is 18.2. The van der Waals surface area contributed by atoms with Gasteiger partial charge in [0, 0.05) is 12.8 Å². The zero-order chi connectivity index (χ0) is 51.7. The van der Waals surface area contributed by atoms with Crippen molar-refractivity contribution in [2.45, 2.75) is 238 Å². The van der Waals surface area contributed by atoms with Crippen LogP contribution in [0.15, 0.2) is 48.6 Å². The molecular formula is C53H98O15P2. The molecule has 0 saturated heterocycles. The van der Waals surface area contributed by atoms with Crippen LogP contribution in [0.25, 0.3) is 0 Å². The SMILES string of the molecule is CCCCC/C=C\C/C=C\C/C=C\CCCCCCC(=O)OCC(O)COP(=O)(O)OCC(O)COP(=O)(O)OCC(O)COC(=O)CCCCCCCCCCCCC/C=C/CCCCCCCC. The largest absolute Gasteiger partial charge is 0.472 e. The van der Waals surface area contributed by atoms with E-state index in [0.29, 0.717) is 12.8 Å². The molecule has 0 aromatic carbocycles. The second kappa shape index (κ2) is 49.2. The lowest BCUT2D eigenvalue weighted by Gasteiger charge is -2.19. The van der Waals surface area contributed by atoms with Crippen LogP contribution in [0.1, 0.15) is 219 Å². The first-order valence-electron chi connectivity index (χ1n) is 27.0. The Balaban J connectivity index is 3.85. The highest BCUT2D eigenvalue weighted by molar-refractivity contribution is 7.47. The maximum absolute atomic E-state index is 12.2. The summed E-state index contributed by atoms with van der Waals surface area (Å²) in [6.07, 6.45) is 48.1. The van der Waals surface area contributed by atoms with E-state index in [4.69, 9.17) is 14.0 Å². The molecule has 0 aliphatic rings. The van der Waals surface area contributed by atoms with E-state index >= 15 is 0 Å². The molecular weight excluding hydrogens is 939 g/mol. The Labute approximate surface area is 423 Å². The van der Waals surface area contributed by atoms with Crippen LogP contribution in [0.4, 0.5) is 0 Å². The van der Waals surface area contributed by atoms with Gasteiger partial charge in [-0.15, -0.1) is 0 Å². The molecule has 0 heterocycles. The summed E-state index contributed by atoms with van der Waals surface area (Å²) >= 11 is 0. The number of aliphatic hydroxyl groups is 3.